The molecular formula is C29H49FO4. The molecule has 196 valence electrons. The van der Waals surface area contributed by atoms with Crippen LogP contribution in [0.25, 0.3) is 0 Å². The van der Waals surface area contributed by atoms with Gasteiger partial charge in [-0.05, 0) is 85.4 Å². The quantitative estimate of drug-likeness (QED) is 0.481. The second kappa shape index (κ2) is 9.10. The van der Waals surface area contributed by atoms with Gasteiger partial charge in [0.05, 0.1) is 12.2 Å². The predicted molar refractivity (Wildman–Crippen MR) is 132 cm³/mol. The zero-order chi connectivity index (χ0) is 25.2. The number of fused-ring (bicyclic) bond motifs is 5. The fraction of sp³-hybridized carbons (Fsp3) is 0.966. The van der Waals surface area contributed by atoms with Crippen molar-refractivity contribution in [1.29, 1.82) is 0 Å². The van der Waals surface area contributed by atoms with E-state index >= 15 is 0 Å². The van der Waals surface area contributed by atoms with E-state index in [-0.39, 0.29) is 41.3 Å². The molecule has 0 amide bonds. The molecule has 0 bridgehead atoms. The number of Topliss-reactive ketones (excluding diaryl/α,β-unsaturated/α-hetero) is 1. The van der Waals surface area contributed by atoms with Crippen LogP contribution in [0.4, 0.5) is 4.39 Å². The first-order valence-corrected chi connectivity index (χ1v) is 14.1. The summed E-state index contributed by atoms with van der Waals surface area (Å²) < 4.78 is 14.3. The fourth-order valence-corrected chi connectivity index (χ4v) is 9.80. The number of rotatable bonds is 6. The second-order valence-electron chi connectivity index (χ2n) is 13.5. The maximum absolute atomic E-state index is 14.3. The molecule has 0 aliphatic heterocycles. The molecule has 0 aromatic heterocycles. The summed E-state index contributed by atoms with van der Waals surface area (Å²) in [7, 11) is 0. The van der Waals surface area contributed by atoms with E-state index < -0.39 is 29.4 Å². The van der Waals surface area contributed by atoms with Gasteiger partial charge in [0.15, 0.2) is 5.78 Å². The number of alkyl halides is 1. The molecule has 3 unspecified atom stereocenters. The van der Waals surface area contributed by atoms with E-state index in [1.54, 1.807) is 0 Å². The van der Waals surface area contributed by atoms with Crippen LogP contribution in [0, 0.1) is 52.3 Å². The zero-order valence-corrected chi connectivity index (χ0v) is 22.3. The molecule has 5 heteroatoms. The summed E-state index contributed by atoms with van der Waals surface area (Å²) >= 11 is 0. The van der Waals surface area contributed by atoms with Crippen LogP contribution in [0.5, 0.6) is 0 Å². The van der Waals surface area contributed by atoms with Gasteiger partial charge < -0.3 is 15.3 Å². The maximum Gasteiger partial charge on any atom is 0.165 e. The van der Waals surface area contributed by atoms with E-state index in [0.717, 1.165) is 32.1 Å². The molecule has 4 nitrogen and oxygen atoms in total. The molecule has 3 N–H and O–H groups in total. The standard InChI is InChI=1S/C29H49FO4/c1-7-19(16(2)3)26(33)25(32)17(4)21-8-9-22-20-14-24(31)29(34)15-18(30)10-13-28(29,6)23(20)11-12-27(21,22)5/h16-23,25-26,32-34H,7-15H2,1-6H3/t17-,18-,19-,20?,21+,22?,23?,25+,26+,27+,28+,29-/m0/s1. The van der Waals surface area contributed by atoms with Crippen molar-refractivity contribution in [3.05, 3.63) is 0 Å². The summed E-state index contributed by atoms with van der Waals surface area (Å²) in [6, 6.07) is 0. The predicted octanol–water partition coefficient (Wildman–Crippen LogP) is 5.32. The van der Waals surface area contributed by atoms with E-state index in [1.807, 2.05) is 0 Å². The highest BCUT2D eigenvalue weighted by molar-refractivity contribution is 5.89. The summed E-state index contributed by atoms with van der Waals surface area (Å²) in [5.41, 5.74) is -2.04. The Bertz CT molecular complexity index is 771. The van der Waals surface area contributed by atoms with Crippen molar-refractivity contribution in [1.82, 2.24) is 0 Å². The van der Waals surface area contributed by atoms with Gasteiger partial charge in [-0.25, -0.2) is 4.39 Å². The van der Waals surface area contributed by atoms with Gasteiger partial charge >= 0.3 is 0 Å². The highest BCUT2D eigenvalue weighted by Crippen LogP contribution is 2.68. The monoisotopic (exact) mass is 480 g/mol. The summed E-state index contributed by atoms with van der Waals surface area (Å²) in [5, 5.41) is 33.8. The van der Waals surface area contributed by atoms with Crippen molar-refractivity contribution in [2.24, 2.45) is 52.3 Å². The van der Waals surface area contributed by atoms with Crippen molar-refractivity contribution in [3.8, 4) is 0 Å². The molecule has 0 spiro atoms. The average molecular weight is 481 g/mol. The second-order valence-corrected chi connectivity index (χ2v) is 13.5. The smallest absolute Gasteiger partial charge is 0.165 e. The average Bonchev–Trinajstić information content (AvgIpc) is 3.12. The first-order chi connectivity index (χ1) is 15.8. The lowest BCUT2D eigenvalue weighted by Gasteiger charge is -2.63. The van der Waals surface area contributed by atoms with Gasteiger partial charge in [-0.1, -0.05) is 48.0 Å². The first kappa shape index (κ1) is 26.5. The van der Waals surface area contributed by atoms with Crippen LogP contribution in [0.3, 0.4) is 0 Å². The minimum absolute atomic E-state index is 0.0110. The number of hydrogen-bond acceptors (Lipinski definition) is 4. The highest BCUT2D eigenvalue weighted by Gasteiger charge is 2.68. The molecule has 0 aromatic rings. The van der Waals surface area contributed by atoms with Crippen molar-refractivity contribution in [2.75, 3.05) is 0 Å². The van der Waals surface area contributed by atoms with Gasteiger partial charge in [-0.3, -0.25) is 4.79 Å². The minimum Gasteiger partial charge on any atom is -0.390 e. The van der Waals surface area contributed by atoms with E-state index in [1.165, 1.54) is 0 Å². The first-order valence-electron chi connectivity index (χ1n) is 14.1. The maximum atomic E-state index is 14.3. The van der Waals surface area contributed by atoms with Gasteiger partial charge in [0.25, 0.3) is 0 Å². The molecule has 34 heavy (non-hydrogen) atoms. The lowest BCUT2D eigenvalue weighted by Crippen LogP contribution is -2.67. The van der Waals surface area contributed by atoms with Gasteiger partial charge in [0.2, 0.25) is 0 Å². The van der Waals surface area contributed by atoms with Crippen LogP contribution in [-0.2, 0) is 4.79 Å². The van der Waals surface area contributed by atoms with Gasteiger partial charge in [-0.2, -0.15) is 0 Å². The largest absolute Gasteiger partial charge is 0.390 e. The van der Waals surface area contributed by atoms with Crippen LogP contribution in [0.1, 0.15) is 99.3 Å². The molecular weight excluding hydrogens is 431 g/mol. The van der Waals surface area contributed by atoms with Crippen molar-refractivity contribution in [3.63, 3.8) is 0 Å². The van der Waals surface area contributed by atoms with Crippen molar-refractivity contribution < 1.29 is 24.5 Å². The van der Waals surface area contributed by atoms with Crippen molar-refractivity contribution >= 4 is 5.78 Å². The number of ketones is 1. The Hall–Kier alpha value is -0.520. The fourth-order valence-electron chi connectivity index (χ4n) is 9.80. The normalized spacial score (nSPS) is 48.0. The van der Waals surface area contributed by atoms with Crippen LogP contribution in [-0.4, -0.2) is 45.1 Å². The molecule has 4 fully saturated rings. The molecule has 0 saturated heterocycles. The summed E-state index contributed by atoms with van der Waals surface area (Å²) in [5.74, 6) is 1.40. The third-order valence-electron chi connectivity index (χ3n) is 11.9. The molecule has 0 radical (unpaired) electrons. The Morgan fingerprint density at radius 3 is 2.29 bits per heavy atom. The Morgan fingerprint density at radius 1 is 1.00 bits per heavy atom. The molecule has 12 atom stereocenters. The zero-order valence-electron chi connectivity index (χ0n) is 22.3. The molecule has 0 aromatic carbocycles. The SMILES string of the molecule is CC[C@@H](C(C)C)[C@@H](O)[C@H](O)[C@@H](C)[C@H]1CCC2C3CC(=O)[C@@]4(O)C[C@@H](F)CC[C@]4(C)C3CC[C@@]21C. The number of halogens is 1. The van der Waals surface area contributed by atoms with Gasteiger partial charge in [-0.15, -0.1) is 0 Å². The third-order valence-corrected chi connectivity index (χ3v) is 11.9. The Balaban J connectivity index is 1.57. The number of aliphatic hydroxyl groups is 3. The number of carbonyl (C=O) groups excluding carboxylic acids is 1. The molecule has 4 rings (SSSR count). The Morgan fingerprint density at radius 2 is 1.68 bits per heavy atom. The summed E-state index contributed by atoms with van der Waals surface area (Å²) in [6.45, 7) is 12.8. The minimum atomic E-state index is -1.52. The lowest BCUT2D eigenvalue weighted by atomic mass is 9.42. The Kier molecular flexibility index (Phi) is 7.10. The van der Waals surface area contributed by atoms with Crippen LogP contribution in [0.15, 0.2) is 0 Å². The highest BCUT2D eigenvalue weighted by atomic mass is 19.1. The molecule has 4 saturated carbocycles. The summed E-state index contributed by atoms with van der Waals surface area (Å²) in [4.78, 5) is 13.3. The van der Waals surface area contributed by atoms with Gasteiger partial charge in [0, 0.05) is 18.3 Å². The van der Waals surface area contributed by atoms with Crippen LogP contribution >= 0.6 is 0 Å². The Labute approximate surface area is 206 Å². The summed E-state index contributed by atoms with van der Waals surface area (Å²) in [6.07, 6.45) is 3.64. The lowest BCUT2D eigenvalue weighted by molar-refractivity contribution is -0.210. The van der Waals surface area contributed by atoms with Crippen LogP contribution in [0.2, 0.25) is 0 Å². The third kappa shape index (κ3) is 3.74. The topological polar surface area (TPSA) is 77.8 Å². The number of aliphatic hydroxyl groups excluding tert-OH is 2. The molecule has 4 aliphatic carbocycles. The molecule has 0 heterocycles. The van der Waals surface area contributed by atoms with Gasteiger partial charge in [0.1, 0.15) is 11.8 Å². The van der Waals surface area contributed by atoms with E-state index in [0.29, 0.717) is 37.0 Å². The van der Waals surface area contributed by atoms with E-state index in [9.17, 15) is 24.5 Å². The number of hydrogen-bond donors (Lipinski definition) is 3. The van der Waals surface area contributed by atoms with E-state index in [2.05, 4.69) is 41.5 Å². The van der Waals surface area contributed by atoms with Crippen LogP contribution < -0.4 is 0 Å². The van der Waals surface area contributed by atoms with E-state index in [4.69, 9.17) is 0 Å². The number of carbonyl (C=O) groups is 1. The van der Waals surface area contributed by atoms with Crippen molar-refractivity contribution in [2.45, 2.75) is 123 Å². The molecule has 4 aliphatic rings.